The molecule has 3 aliphatic rings. The molecule has 2 heterocycles. The predicted molar refractivity (Wildman–Crippen MR) is 91.2 cm³/mol. The normalized spacial score (nSPS) is 32.5. The lowest BCUT2D eigenvalue weighted by Crippen LogP contribution is -2.49. The molecule has 2 atom stereocenters. The van der Waals surface area contributed by atoms with Crippen LogP contribution in [-0.4, -0.2) is 36.5 Å². The summed E-state index contributed by atoms with van der Waals surface area (Å²) in [7, 11) is 0. The first-order valence-corrected chi connectivity index (χ1v) is 7.71. The number of rotatable bonds is 2. The monoisotopic (exact) mass is 377 g/mol. The third kappa shape index (κ3) is 3.37. The Bertz CT molecular complexity index is 336. The largest absolute Gasteiger partial charge is 0.356 e. The summed E-state index contributed by atoms with van der Waals surface area (Å²) in [6, 6.07) is 0.695. The first-order valence-electron chi connectivity index (χ1n) is 7.71. The summed E-state index contributed by atoms with van der Waals surface area (Å²) in [5.41, 5.74) is 0.516. The molecule has 110 valence electrons. The first-order chi connectivity index (χ1) is 8.66. The highest BCUT2D eigenvalue weighted by atomic mass is 127. The molecule has 2 fully saturated rings. The van der Waals surface area contributed by atoms with Crippen molar-refractivity contribution in [2.45, 2.75) is 58.4 Å². The molecule has 0 bridgehead atoms. The van der Waals surface area contributed by atoms with Crippen molar-refractivity contribution in [3.8, 4) is 0 Å². The van der Waals surface area contributed by atoms with Crippen LogP contribution < -0.4 is 5.32 Å². The summed E-state index contributed by atoms with van der Waals surface area (Å²) in [6.45, 7) is 8.13. The smallest absolute Gasteiger partial charge is 0.194 e. The second-order valence-corrected chi connectivity index (χ2v) is 7.02. The van der Waals surface area contributed by atoms with E-state index in [4.69, 9.17) is 4.99 Å². The third-order valence-corrected chi connectivity index (χ3v) is 5.15. The van der Waals surface area contributed by atoms with Gasteiger partial charge in [-0.05, 0) is 37.0 Å². The molecule has 0 radical (unpaired) electrons. The lowest BCUT2D eigenvalue weighted by molar-refractivity contribution is 0.208. The van der Waals surface area contributed by atoms with E-state index < -0.39 is 0 Å². The highest BCUT2D eigenvalue weighted by Crippen LogP contribution is 2.37. The topological polar surface area (TPSA) is 27.6 Å². The molecule has 0 spiro atoms. The molecule has 1 saturated heterocycles. The maximum absolute atomic E-state index is 4.74. The van der Waals surface area contributed by atoms with Gasteiger partial charge >= 0.3 is 0 Å². The average molecular weight is 377 g/mol. The van der Waals surface area contributed by atoms with Crippen LogP contribution in [0.1, 0.15) is 52.4 Å². The Morgan fingerprint density at radius 1 is 1.32 bits per heavy atom. The molecule has 2 unspecified atom stereocenters. The number of aliphatic imine (C=N–C) groups is 1. The van der Waals surface area contributed by atoms with E-state index in [2.05, 4.69) is 24.1 Å². The van der Waals surface area contributed by atoms with Gasteiger partial charge in [0, 0.05) is 13.1 Å². The van der Waals surface area contributed by atoms with Crippen molar-refractivity contribution < 1.29 is 0 Å². The van der Waals surface area contributed by atoms with Gasteiger partial charge in [-0.3, -0.25) is 4.99 Å². The van der Waals surface area contributed by atoms with Gasteiger partial charge in [0.05, 0.1) is 12.6 Å². The van der Waals surface area contributed by atoms with Gasteiger partial charge in [-0.2, -0.15) is 0 Å². The van der Waals surface area contributed by atoms with Crippen LogP contribution in [0.2, 0.25) is 0 Å². The Hall–Kier alpha value is 0. The zero-order chi connectivity index (χ0) is 12.6. The van der Waals surface area contributed by atoms with Gasteiger partial charge in [-0.1, -0.05) is 26.7 Å². The number of halogens is 1. The molecule has 3 nitrogen and oxygen atoms in total. The minimum Gasteiger partial charge on any atom is -0.356 e. The van der Waals surface area contributed by atoms with Crippen LogP contribution in [0.3, 0.4) is 0 Å². The quantitative estimate of drug-likeness (QED) is 0.749. The van der Waals surface area contributed by atoms with Crippen molar-refractivity contribution >= 4 is 29.9 Å². The van der Waals surface area contributed by atoms with Gasteiger partial charge in [0.25, 0.3) is 0 Å². The molecule has 0 amide bonds. The standard InChI is InChI=1S/C15H27N3.HI/c1-12-5-6-13-9-16-14(18(13)10-12)17-11-15(2)7-3-4-8-15;/h12-13H,3-11H2,1-2H3,(H,16,17);1H. The van der Waals surface area contributed by atoms with E-state index in [1.54, 1.807) is 0 Å². The van der Waals surface area contributed by atoms with E-state index in [0.29, 0.717) is 11.5 Å². The number of guanidine groups is 1. The fourth-order valence-electron chi connectivity index (χ4n) is 3.80. The van der Waals surface area contributed by atoms with E-state index in [-0.39, 0.29) is 24.0 Å². The summed E-state index contributed by atoms with van der Waals surface area (Å²) in [5, 5.41) is 3.66. The third-order valence-electron chi connectivity index (χ3n) is 5.15. The molecule has 2 aliphatic heterocycles. The molecule has 0 aromatic heterocycles. The van der Waals surface area contributed by atoms with Gasteiger partial charge < -0.3 is 10.2 Å². The van der Waals surface area contributed by atoms with E-state index in [9.17, 15) is 0 Å². The van der Waals surface area contributed by atoms with E-state index >= 15 is 0 Å². The van der Waals surface area contributed by atoms with Crippen LogP contribution in [0.4, 0.5) is 0 Å². The minimum atomic E-state index is 0. The minimum absolute atomic E-state index is 0. The second-order valence-electron chi connectivity index (χ2n) is 7.02. The van der Waals surface area contributed by atoms with Crippen molar-refractivity contribution in [1.82, 2.24) is 10.2 Å². The van der Waals surface area contributed by atoms with Crippen LogP contribution in [-0.2, 0) is 0 Å². The fraction of sp³-hybridized carbons (Fsp3) is 0.933. The highest BCUT2D eigenvalue weighted by Gasteiger charge is 2.34. The number of fused-ring (bicyclic) bond motifs is 1. The lowest BCUT2D eigenvalue weighted by atomic mass is 9.89. The summed E-state index contributed by atoms with van der Waals surface area (Å²) >= 11 is 0. The zero-order valence-electron chi connectivity index (χ0n) is 12.3. The zero-order valence-corrected chi connectivity index (χ0v) is 14.7. The number of hydrogen-bond acceptors (Lipinski definition) is 3. The molecular formula is C15H28IN3. The van der Waals surface area contributed by atoms with Crippen molar-refractivity contribution in [2.75, 3.05) is 19.6 Å². The Morgan fingerprint density at radius 3 is 2.79 bits per heavy atom. The average Bonchev–Trinajstić information content (AvgIpc) is 2.94. The Labute approximate surface area is 134 Å². The fourth-order valence-corrected chi connectivity index (χ4v) is 3.80. The van der Waals surface area contributed by atoms with Crippen LogP contribution in [0, 0.1) is 11.3 Å². The molecule has 1 N–H and O–H groups in total. The van der Waals surface area contributed by atoms with Crippen molar-refractivity contribution in [3.63, 3.8) is 0 Å². The summed E-state index contributed by atoms with van der Waals surface area (Å²) in [6.07, 6.45) is 8.29. The Balaban J connectivity index is 0.00000133. The second kappa shape index (κ2) is 6.19. The molecular weight excluding hydrogens is 349 g/mol. The van der Waals surface area contributed by atoms with E-state index in [1.165, 1.54) is 51.0 Å². The van der Waals surface area contributed by atoms with Crippen LogP contribution in [0.15, 0.2) is 4.99 Å². The van der Waals surface area contributed by atoms with Gasteiger partial charge in [-0.25, -0.2) is 0 Å². The maximum atomic E-state index is 4.74. The number of hydrogen-bond donors (Lipinski definition) is 1. The van der Waals surface area contributed by atoms with E-state index in [0.717, 1.165) is 19.0 Å². The maximum Gasteiger partial charge on any atom is 0.194 e. The molecule has 1 saturated carbocycles. The summed E-state index contributed by atoms with van der Waals surface area (Å²) in [4.78, 5) is 7.27. The number of nitrogens with one attached hydrogen (secondary N) is 1. The van der Waals surface area contributed by atoms with Gasteiger partial charge in [0.1, 0.15) is 0 Å². The highest BCUT2D eigenvalue weighted by molar-refractivity contribution is 14.0. The van der Waals surface area contributed by atoms with Crippen LogP contribution in [0.25, 0.3) is 0 Å². The predicted octanol–water partition coefficient (Wildman–Crippen LogP) is 3.24. The SMILES string of the molecule is CC1CCC2CN=C(NCC3(C)CCCC3)N2C1.I. The molecule has 4 heteroatoms. The summed E-state index contributed by atoms with van der Waals surface area (Å²) in [5.74, 6) is 2.02. The van der Waals surface area contributed by atoms with Crippen LogP contribution in [0.5, 0.6) is 0 Å². The molecule has 0 aromatic rings. The van der Waals surface area contributed by atoms with Crippen molar-refractivity contribution in [2.24, 2.45) is 16.3 Å². The van der Waals surface area contributed by atoms with E-state index in [1.807, 2.05) is 0 Å². The van der Waals surface area contributed by atoms with Gasteiger partial charge in [-0.15, -0.1) is 24.0 Å². The van der Waals surface area contributed by atoms with Crippen molar-refractivity contribution in [1.29, 1.82) is 0 Å². The first kappa shape index (κ1) is 15.4. The van der Waals surface area contributed by atoms with Crippen LogP contribution >= 0.6 is 24.0 Å². The van der Waals surface area contributed by atoms with Gasteiger partial charge in [0.15, 0.2) is 5.96 Å². The lowest BCUT2D eigenvalue weighted by Gasteiger charge is -2.36. The number of nitrogens with zero attached hydrogens (tertiary/aromatic N) is 2. The molecule has 0 aromatic carbocycles. The Kier molecular flexibility index (Phi) is 5.01. The summed E-state index contributed by atoms with van der Waals surface area (Å²) < 4.78 is 0. The molecule has 1 aliphatic carbocycles. The number of piperidine rings is 1. The molecule has 19 heavy (non-hydrogen) atoms. The Morgan fingerprint density at radius 2 is 2.05 bits per heavy atom. The van der Waals surface area contributed by atoms with Crippen molar-refractivity contribution in [3.05, 3.63) is 0 Å². The van der Waals surface area contributed by atoms with Gasteiger partial charge in [0.2, 0.25) is 0 Å². The molecule has 3 rings (SSSR count).